The van der Waals surface area contributed by atoms with Crippen LogP contribution < -0.4 is 0 Å². The van der Waals surface area contributed by atoms with E-state index in [-0.39, 0.29) is 7.43 Å². The topological polar surface area (TPSA) is 34.1 Å². The second kappa shape index (κ2) is 31.6. The summed E-state index contributed by atoms with van der Waals surface area (Å²) in [4.78, 5) is 20.7. The van der Waals surface area contributed by atoms with Crippen LogP contribution in [0.25, 0.3) is 0 Å². The van der Waals surface area contributed by atoms with E-state index >= 15 is 0 Å². The highest BCUT2D eigenvalue weighted by atomic mass is 16.1. The van der Waals surface area contributed by atoms with Gasteiger partial charge in [-0.15, -0.1) is 0 Å². The molecule has 0 spiro atoms. The average molecular weight is 481 g/mol. The van der Waals surface area contributed by atoms with Gasteiger partial charge in [-0.25, -0.2) is 0 Å². The van der Waals surface area contributed by atoms with Crippen molar-refractivity contribution >= 4 is 11.6 Å². The van der Waals surface area contributed by atoms with Crippen molar-refractivity contribution in [2.75, 3.05) is 0 Å². The molecule has 1 aromatic rings. The van der Waals surface area contributed by atoms with Crippen molar-refractivity contribution in [3.8, 4) is 0 Å². The number of hydrogen-bond donors (Lipinski definition) is 0. The van der Waals surface area contributed by atoms with Gasteiger partial charge in [0.15, 0.2) is 0 Å². The summed E-state index contributed by atoms with van der Waals surface area (Å²) >= 11 is 0. The predicted octanol–water partition coefficient (Wildman–Crippen LogP) is 10.6. The third-order valence-electron chi connectivity index (χ3n) is 4.45. The van der Waals surface area contributed by atoms with Crippen LogP contribution in [0.5, 0.6) is 0 Å². The van der Waals surface area contributed by atoms with Crippen LogP contribution in [-0.4, -0.2) is 11.6 Å². The average Bonchev–Trinajstić information content (AvgIpc) is 2.74. The van der Waals surface area contributed by atoms with Crippen LogP contribution in [0, 0.1) is 23.7 Å². The van der Waals surface area contributed by atoms with Crippen LogP contribution >= 0.6 is 0 Å². The van der Waals surface area contributed by atoms with Gasteiger partial charge in [0.1, 0.15) is 11.6 Å². The normalized spacial score (nSPS) is 9.32. The van der Waals surface area contributed by atoms with Gasteiger partial charge in [0.25, 0.3) is 0 Å². The zero-order valence-electron chi connectivity index (χ0n) is 24.8. The maximum absolute atomic E-state index is 10.3. The number of rotatable bonds is 9. The van der Waals surface area contributed by atoms with Crippen LogP contribution in [0.2, 0.25) is 0 Å². The molecule has 0 N–H and O–H groups in total. The fraction of sp³-hybridized carbons (Fsp3) is 0.750. The van der Waals surface area contributed by atoms with E-state index in [0.717, 1.165) is 37.5 Å². The lowest BCUT2D eigenvalue weighted by atomic mass is 10.0. The van der Waals surface area contributed by atoms with Crippen molar-refractivity contribution < 1.29 is 9.59 Å². The molecule has 0 aliphatic carbocycles. The molecule has 2 heteroatoms. The molecule has 0 aromatic heterocycles. The van der Waals surface area contributed by atoms with Gasteiger partial charge < -0.3 is 9.59 Å². The van der Waals surface area contributed by atoms with Crippen molar-refractivity contribution in [3.63, 3.8) is 0 Å². The largest absolute Gasteiger partial charge is 0.300 e. The molecule has 204 valence electrons. The van der Waals surface area contributed by atoms with Gasteiger partial charge in [0.2, 0.25) is 0 Å². The highest BCUT2D eigenvalue weighted by Gasteiger charge is 1.96. The van der Waals surface area contributed by atoms with Crippen LogP contribution in [0.4, 0.5) is 0 Å². The first-order chi connectivity index (χ1) is 15.3. The van der Waals surface area contributed by atoms with E-state index < -0.39 is 0 Å². The highest BCUT2D eigenvalue weighted by molar-refractivity contribution is 5.75. The van der Waals surface area contributed by atoms with Gasteiger partial charge >= 0.3 is 0 Å². The molecule has 0 saturated heterocycles. The molecule has 0 aliphatic heterocycles. The van der Waals surface area contributed by atoms with Crippen molar-refractivity contribution in [1.82, 2.24) is 0 Å². The van der Waals surface area contributed by atoms with Gasteiger partial charge in [-0.05, 0) is 62.3 Å². The molecule has 0 atom stereocenters. The lowest BCUT2D eigenvalue weighted by Crippen LogP contribution is -1.93. The van der Waals surface area contributed by atoms with Crippen molar-refractivity contribution in [2.24, 2.45) is 23.7 Å². The van der Waals surface area contributed by atoms with E-state index in [9.17, 15) is 9.59 Å². The van der Waals surface area contributed by atoms with Crippen LogP contribution in [0.3, 0.4) is 0 Å². The molecule has 2 nitrogen and oxygen atoms in total. The molecule has 0 radical (unpaired) electrons. The van der Waals surface area contributed by atoms with Crippen molar-refractivity contribution in [2.45, 2.75) is 136 Å². The summed E-state index contributed by atoms with van der Waals surface area (Å²) in [7, 11) is 0. The Hall–Kier alpha value is -1.44. The Kier molecular flexibility index (Phi) is 39.6. The first-order valence-electron chi connectivity index (χ1n) is 13.3. The summed E-state index contributed by atoms with van der Waals surface area (Å²) in [6.45, 7) is 26.9. The first kappa shape index (κ1) is 42.7. The summed E-state index contributed by atoms with van der Waals surface area (Å²) < 4.78 is 0. The van der Waals surface area contributed by atoms with E-state index in [1.165, 1.54) is 18.4 Å². The number of Topliss-reactive ketones (excluding diaryl/α,β-unsaturated/α-hetero) is 2. The number of carbonyl (C=O) groups excluding carboxylic acids is 2. The predicted molar refractivity (Wildman–Crippen MR) is 158 cm³/mol. The summed E-state index contributed by atoms with van der Waals surface area (Å²) in [5.74, 6) is 3.59. The standard InChI is InChI=1S/C10H14.2C7H14O.C5H12.C2H6.CH4/c1-9(2)8-10-6-4-3-5-7-10;2*1-6(2)4-5-7(3)8;1-4-5(2)3;1-2;/h3-7,9H,8H2,1-2H3;2*6H,4-5H2,1-3H3;5H,4H2,1-3H3;1-2H3;1H4. The maximum atomic E-state index is 10.3. The number of benzene rings is 1. The zero-order chi connectivity index (χ0) is 26.8. The van der Waals surface area contributed by atoms with E-state index in [2.05, 4.69) is 92.6 Å². The summed E-state index contributed by atoms with van der Waals surface area (Å²) in [6.07, 6.45) is 6.07. The minimum atomic E-state index is 0. The van der Waals surface area contributed by atoms with Gasteiger partial charge in [0, 0.05) is 12.8 Å². The van der Waals surface area contributed by atoms with E-state index in [1.807, 2.05) is 13.8 Å². The summed E-state index contributed by atoms with van der Waals surface area (Å²) in [6, 6.07) is 10.6. The summed E-state index contributed by atoms with van der Waals surface area (Å²) in [5.41, 5.74) is 1.44. The number of hydrogen-bond acceptors (Lipinski definition) is 2. The van der Waals surface area contributed by atoms with E-state index in [0.29, 0.717) is 23.4 Å². The molecule has 0 aliphatic rings. The molecule has 0 fully saturated rings. The number of carbonyl (C=O) groups is 2. The third-order valence-corrected chi connectivity index (χ3v) is 4.45. The van der Waals surface area contributed by atoms with Gasteiger partial charge in [0.05, 0.1) is 0 Å². The summed E-state index contributed by atoms with van der Waals surface area (Å²) in [5, 5.41) is 0. The Bertz CT molecular complexity index is 491. The molecule has 0 amide bonds. The second-order valence-corrected chi connectivity index (χ2v) is 10.2. The molecular weight excluding hydrogens is 416 g/mol. The van der Waals surface area contributed by atoms with Crippen molar-refractivity contribution in [1.29, 1.82) is 0 Å². The highest BCUT2D eigenvalue weighted by Crippen LogP contribution is 2.06. The molecule has 0 saturated carbocycles. The second-order valence-electron chi connectivity index (χ2n) is 10.2. The zero-order valence-corrected chi connectivity index (χ0v) is 24.8. The molecule has 0 bridgehead atoms. The molecule has 34 heavy (non-hydrogen) atoms. The molecule has 0 unspecified atom stereocenters. The Morgan fingerprint density at radius 2 is 0.971 bits per heavy atom. The van der Waals surface area contributed by atoms with Crippen LogP contribution in [0.1, 0.15) is 135 Å². The Labute approximate surface area is 216 Å². The molecule has 1 rings (SSSR count). The maximum Gasteiger partial charge on any atom is 0.129 e. The first-order valence-corrected chi connectivity index (χ1v) is 13.3. The Morgan fingerprint density at radius 1 is 0.647 bits per heavy atom. The Morgan fingerprint density at radius 3 is 1.15 bits per heavy atom. The smallest absolute Gasteiger partial charge is 0.129 e. The van der Waals surface area contributed by atoms with Crippen molar-refractivity contribution in [3.05, 3.63) is 35.9 Å². The van der Waals surface area contributed by atoms with Crippen LogP contribution in [0.15, 0.2) is 30.3 Å². The van der Waals surface area contributed by atoms with Gasteiger partial charge in [-0.3, -0.25) is 0 Å². The van der Waals surface area contributed by atoms with Gasteiger partial charge in [-0.1, -0.05) is 120 Å². The lowest BCUT2D eigenvalue weighted by Gasteiger charge is -2.02. The van der Waals surface area contributed by atoms with E-state index in [4.69, 9.17) is 0 Å². The number of ketones is 2. The fourth-order valence-electron chi connectivity index (χ4n) is 2.07. The minimum Gasteiger partial charge on any atom is -0.300 e. The fourth-order valence-corrected chi connectivity index (χ4v) is 2.07. The van der Waals surface area contributed by atoms with Gasteiger partial charge in [-0.2, -0.15) is 0 Å². The quantitative estimate of drug-likeness (QED) is 0.352. The lowest BCUT2D eigenvalue weighted by molar-refractivity contribution is -0.118. The van der Waals surface area contributed by atoms with E-state index in [1.54, 1.807) is 13.8 Å². The third kappa shape index (κ3) is 52.5. The molecular formula is C32H64O2. The minimum absolute atomic E-state index is 0. The molecule has 0 heterocycles. The van der Waals surface area contributed by atoms with Crippen LogP contribution in [-0.2, 0) is 16.0 Å². The monoisotopic (exact) mass is 480 g/mol. The Balaban J connectivity index is -0.000000109. The molecule has 1 aromatic carbocycles. The SMILES string of the molecule is C.CC.CC(=O)CCC(C)C.CC(=O)CCC(C)C.CC(C)Cc1ccccc1.CCC(C)C.